The first kappa shape index (κ1) is 24.1. The Morgan fingerprint density at radius 2 is 1.76 bits per heavy atom. The van der Waals surface area contributed by atoms with Crippen LogP contribution >= 0.6 is 0 Å². The van der Waals surface area contributed by atoms with E-state index in [1.807, 2.05) is 54.6 Å². The van der Waals surface area contributed by atoms with E-state index in [0.29, 0.717) is 35.4 Å². The lowest BCUT2D eigenvalue weighted by molar-refractivity contribution is 0.605. The van der Waals surface area contributed by atoms with Gasteiger partial charge >= 0.3 is 0 Å². The number of H-pyrrole nitrogens is 1. The molecule has 0 spiro atoms. The van der Waals surface area contributed by atoms with Crippen LogP contribution in [0.3, 0.4) is 0 Å². The molecule has 2 aromatic carbocycles. The first-order valence-corrected chi connectivity index (χ1v) is 12.1. The fourth-order valence-electron chi connectivity index (χ4n) is 4.19. The van der Waals surface area contributed by atoms with Crippen LogP contribution in [-0.4, -0.2) is 37.1 Å². The molecule has 8 nitrogen and oxygen atoms in total. The molecule has 0 aliphatic heterocycles. The van der Waals surface area contributed by atoms with Crippen LogP contribution in [0, 0.1) is 11.7 Å². The van der Waals surface area contributed by atoms with Crippen LogP contribution in [0.25, 0.3) is 22.6 Å². The Hall–Kier alpha value is -4.66. The third-order valence-electron chi connectivity index (χ3n) is 5.79. The van der Waals surface area contributed by atoms with E-state index in [0.717, 1.165) is 23.5 Å². The van der Waals surface area contributed by atoms with E-state index in [-0.39, 0.29) is 0 Å². The summed E-state index contributed by atoms with van der Waals surface area (Å²) < 4.78 is 14.5. The van der Waals surface area contributed by atoms with Crippen LogP contribution in [0.1, 0.15) is 19.4 Å². The number of pyridine rings is 2. The highest BCUT2D eigenvalue weighted by atomic mass is 19.1. The molecule has 37 heavy (non-hydrogen) atoms. The minimum atomic E-state index is -0.432. The molecule has 5 rings (SSSR count). The van der Waals surface area contributed by atoms with Crippen molar-refractivity contribution in [3.05, 3.63) is 96.6 Å². The molecule has 2 N–H and O–H groups in total. The molecule has 0 saturated carbocycles. The molecule has 0 saturated heterocycles. The summed E-state index contributed by atoms with van der Waals surface area (Å²) in [4.78, 5) is 11.2. The van der Waals surface area contributed by atoms with Gasteiger partial charge in [-0.25, -0.2) is 14.5 Å². The zero-order valence-electron chi connectivity index (χ0n) is 20.6. The summed E-state index contributed by atoms with van der Waals surface area (Å²) in [7, 11) is 0. The summed E-state index contributed by atoms with van der Waals surface area (Å²) in [5.41, 5.74) is 4.60. The van der Waals surface area contributed by atoms with Crippen LogP contribution in [-0.2, 0) is 6.54 Å². The largest absolute Gasteiger partial charge is 0.353 e. The van der Waals surface area contributed by atoms with E-state index in [2.05, 4.69) is 61.8 Å². The molecule has 9 heteroatoms. The number of tetrazole rings is 1. The fourth-order valence-corrected chi connectivity index (χ4v) is 4.19. The number of nitrogens with one attached hydrogen (secondary N) is 2. The summed E-state index contributed by atoms with van der Waals surface area (Å²) in [5.74, 6) is 1.29. The van der Waals surface area contributed by atoms with Gasteiger partial charge in [-0.3, -0.25) is 4.98 Å². The molecule has 3 heterocycles. The monoisotopic (exact) mass is 494 g/mol. The Bertz CT molecular complexity index is 1450. The van der Waals surface area contributed by atoms with Gasteiger partial charge in [0.1, 0.15) is 5.82 Å². The standard InChI is InChI=1S/C28H27FN8/c1-19(2)17-37(18-20-8-4-3-5-9-20)27-15-21(31-25-12-13-30-16-24(25)29)14-26(32-27)22-10-6-7-11-23(22)28-33-35-36-34-28/h3-16,19H,17-18H2,1-2H3,(H,30,31,32)(H,33,34,35,36). The number of rotatable bonds is 9. The number of hydrogen-bond donors (Lipinski definition) is 2. The van der Waals surface area contributed by atoms with E-state index < -0.39 is 5.82 Å². The molecule has 0 fully saturated rings. The van der Waals surface area contributed by atoms with Crippen molar-refractivity contribution in [1.82, 2.24) is 30.6 Å². The minimum absolute atomic E-state index is 0.337. The van der Waals surface area contributed by atoms with Crippen molar-refractivity contribution < 1.29 is 4.39 Å². The smallest absolute Gasteiger partial charge is 0.180 e. The SMILES string of the molecule is CC(C)CN(Cc1ccccc1)c1cc(Nc2ccncc2F)cc(-c2ccccc2-c2nnn[nH]2)n1. The zero-order chi connectivity index (χ0) is 25.6. The lowest BCUT2D eigenvalue weighted by Gasteiger charge is -2.27. The Morgan fingerprint density at radius 1 is 0.973 bits per heavy atom. The maximum atomic E-state index is 14.5. The number of aromatic amines is 1. The van der Waals surface area contributed by atoms with Gasteiger partial charge in [0, 0.05) is 42.2 Å². The number of benzene rings is 2. The summed E-state index contributed by atoms with van der Waals surface area (Å²) >= 11 is 0. The van der Waals surface area contributed by atoms with Crippen molar-refractivity contribution >= 4 is 17.2 Å². The van der Waals surface area contributed by atoms with Gasteiger partial charge < -0.3 is 10.2 Å². The predicted octanol–water partition coefficient (Wildman–Crippen LogP) is 5.87. The van der Waals surface area contributed by atoms with E-state index in [9.17, 15) is 4.39 Å². The normalized spacial score (nSPS) is 11.0. The number of halogens is 1. The molecular weight excluding hydrogens is 467 g/mol. The number of hydrogen-bond acceptors (Lipinski definition) is 7. The first-order chi connectivity index (χ1) is 18.1. The molecular formula is C28H27FN8. The molecule has 0 radical (unpaired) electrons. The highest BCUT2D eigenvalue weighted by Crippen LogP contribution is 2.34. The van der Waals surface area contributed by atoms with Gasteiger partial charge in [-0.05, 0) is 34.0 Å². The van der Waals surface area contributed by atoms with E-state index >= 15 is 0 Å². The van der Waals surface area contributed by atoms with Crippen molar-refractivity contribution in [2.45, 2.75) is 20.4 Å². The Balaban J connectivity index is 1.63. The molecule has 5 aromatic rings. The van der Waals surface area contributed by atoms with Crippen LogP contribution < -0.4 is 10.2 Å². The lowest BCUT2D eigenvalue weighted by atomic mass is 10.0. The van der Waals surface area contributed by atoms with Crippen molar-refractivity contribution in [3.63, 3.8) is 0 Å². The summed E-state index contributed by atoms with van der Waals surface area (Å²) in [5, 5.41) is 17.6. The van der Waals surface area contributed by atoms with Gasteiger partial charge in [0.05, 0.1) is 17.6 Å². The van der Waals surface area contributed by atoms with E-state index in [1.165, 1.54) is 11.8 Å². The average molecular weight is 495 g/mol. The third kappa shape index (κ3) is 5.78. The van der Waals surface area contributed by atoms with Gasteiger partial charge in [0.2, 0.25) is 0 Å². The maximum absolute atomic E-state index is 14.5. The predicted molar refractivity (Wildman–Crippen MR) is 143 cm³/mol. The summed E-state index contributed by atoms with van der Waals surface area (Å²) in [6.07, 6.45) is 2.75. The van der Waals surface area contributed by atoms with Gasteiger partial charge in [-0.2, -0.15) is 0 Å². The molecule has 0 bridgehead atoms. The van der Waals surface area contributed by atoms with Crippen molar-refractivity contribution in [3.8, 4) is 22.6 Å². The van der Waals surface area contributed by atoms with Crippen LogP contribution in [0.4, 0.5) is 21.6 Å². The van der Waals surface area contributed by atoms with Crippen LogP contribution in [0.15, 0.2) is 85.2 Å². The lowest BCUT2D eigenvalue weighted by Crippen LogP contribution is -2.28. The molecule has 0 aliphatic carbocycles. The van der Waals surface area contributed by atoms with Crippen molar-refractivity contribution in [2.24, 2.45) is 5.92 Å². The highest BCUT2D eigenvalue weighted by molar-refractivity contribution is 5.81. The number of nitrogens with zero attached hydrogens (tertiary/aromatic N) is 6. The highest BCUT2D eigenvalue weighted by Gasteiger charge is 2.17. The second-order valence-corrected chi connectivity index (χ2v) is 9.14. The molecule has 0 amide bonds. The second-order valence-electron chi connectivity index (χ2n) is 9.14. The average Bonchev–Trinajstić information content (AvgIpc) is 3.45. The molecule has 3 aromatic heterocycles. The first-order valence-electron chi connectivity index (χ1n) is 12.1. The van der Waals surface area contributed by atoms with E-state index in [4.69, 9.17) is 4.98 Å². The Morgan fingerprint density at radius 3 is 2.49 bits per heavy atom. The van der Waals surface area contributed by atoms with Crippen molar-refractivity contribution in [2.75, 3.05) is 16.8 Å². The topological polar surface area (TPSA) is 95.5 Å². The summed E-state index contributed by atoms with van der Waals surface area (Å²) in [6, 6.07) is 23.6. The second kappa shape index (κ2) is 10.9. The van der Waals surface area contributed by atoms with Crippen LogP contribution in [0.2, 0.25) is 0 Å². The molecule has 186 valence electrons. The third-order valence-corrected chi connectivity index (χ3v) is 5.79. The maximum Gasteiger partial charge on any atom is 0.180 e. The quantitative estimate of drug-likeness (QED) is 0.265. The minimum Gasteiger partial charge on any atom is -0.353 e. The molecule has 0 atom stereocenters. The fraction of sp³-hybridized carbons (Fsp3) is 0.179. The Kier molecular flexibility index (Phi) is 7.12. The van der Waals surface area contributed by atoms with Gasteiger partial charge in [0.15, 0.2) is 11.6 Å². The van der Waals surface area contributed by atoms with E-state index in [1.54, 1.807) is 12.3 Å². The summed E-state index contributed by atoms with van der Waals surface area (Å²) in [6.45, 7) is 5.84. The van der Waals surface area contributed by atoms with Gasteiger partial charge in [0.25, 0.3) is 0 Å². The van der Waals surface area contributed by atoms with Gasteiger partial charge in [-0.15, -0.1) is 5.10 Å². The Labute approximate surface area is 214 Å². The van der Waals surface area contributed by atoms with Crippen LogP contribution in [0.5, 0.6) is 0 Å². The number of aromatic nitrogens is 6. The zero-order valence-corrected chi connectivity index (χ0v) is 20.6. The molecule has 0 aliphatic rings. The van der Waals surface area contributed by atoms with Gasteiger partial charge in [-0.1, -0.05) is 68.4 Å². The number of anilines is 3. The van der Waals surface area contributed by atoms with Crippen molar-refractivity contribution in [1.29, 1.82) is 0 Å². The molecule has 0 unspecified atom stereocenters.